The Hall–Kier alpha value is -13.0. The monoisotopic (exact) mass is 1940 g/mol. The first-order chi connectivity index (χ1) is 65.9. The van der Waals surface area contributed by atoms with Crippen molar-refractivity contribution in [3.8, 4) is 5.75 Å². The molecule has 138 heavy (non-hydrogen) atoms. The van der Waals surface area contributed by atoms with E-state index in [1.807, 2.05) is 32.0 Å². The summed E-state index contributed by atoms with van der Waals surface area (Å²) in [5.74, 6) is -17.3. The van der Waals surface area contributed by atoms with Crippen LogP contribution in [-0.4, -0.2) is 316 Å². The van der Waals surface area contributed by atoms with Gasteiger partial charge in [-0.25, -0.2) is 4.98 Å². The van der Waals surface area contributed by atoms with Gasteiger partial charge in [-0.15, -0.1) is 11.8 Å². The molecule has 6 aromatic rings. The number of imidazole rings is 1. The number of unbranched alkanes of at least 4 members (excludes halogenated alkanes) is 5. The van der Waals surface area contributed by atoms with Gasteiger partial charge in [0.25, 0.3) is 0 Å². The average molecular weight is 1940 g/mol. The molecule has 752 valence electrons. The lowest BCUT2D eigenvalue weighted by Crippen LogP contribution is -2.61. The van der Waals surface area contributed by atoms with Gasteiger partial charge < -0.3 is 125 Å². The van der Waals surface area contributed by atoms with Crippen LogP contribution in [0.25, 0.3) is 21.8 Å². The number of aliphatic hydroxyl groups excluding tert-OH is 1. The lowest BCUT2D eigenvalue weighted by Gasteiger charge is -2.36. The van der Waals surface area contributed by atoms with Crippen LogP contribution in [0.4, 0.5) is 0 Å². The molecular weight excluding hydrogens is 1800 g/mol. The lowest BCUT2D eigenvalue weighted by molar-refractivity contribution is -0.149. The Bertz CT molecular complexity index is 5210. The molecule has 6 heterocycles. The van der Waals surface area contributed by atoms with Crippen LogP contribution in [0, 0.1) is 5.92 Å². The number of primary amides is 1. The Morgan fingerprint density at radius 1 is 0.529 bits per heavy atom. The average Bonchev–Trinajstić information content (AvgIpc) is 1.66. The van der Waals surface area contributed by atoms with Crippen molar-refractivity contribution in [3.05, 3.63) is 120 Å². The number of carboxylic acid groups (broad SMARTS) is 1. The fourth-order valence-corrected chi connectivity index (χ4v) is 18.3. The zero-order valence-electron chi connectivity index (χ0n) is 79.6. The number of carbonyl (C=O) groups is 17. The number of carbonyl (C=O) groups excluding carboxylic acids is 16. The summed E-state index contributed by atoms with van der Waals surface area (Å²) in [5, 5.41) is 60.7. The maximum Gasteiger partial charge on any atom is 0.305 e. The highest BCUT2D eigenvalue weighted by Crippen LogP contribution is 2.29. The zero-order chi connectivity index (χ0) is 101. The van der Waals surface area contributed by atoms with Crippen LogP contribution in [0.5, 0.6) is 5.75 Å². The molecule has 3 aromatic heterocycles. The first kappa shape index (κ1) is 109. The van der Waals surface area contributed by atoms with Crippen molar-refractivity contribution in [3.63, 3.8) is 0 Å². The molecule has 22 N–H and O–H groups in total. The van der Waals surface area contributed by atoms with E-state index < -0.39 is 222 Å². The summed E-state index contributed by atoms with van der Waals surface area (Å²) in [6.07, 6.45) is 5.97. The van der Waals surface area contributed by atoms with Crippen molar-refractivity contribution in [1.82, 2.24) is 97.6 Å². The van der Waals surface area contributed by atoms with Crippen molar-refractivity contribution in [2.75, 3.05) is 65.4 Å². The number of aromatic hydroxyl groups is 1. The standard InChI is InChI=1S/C95H136N22O20S/c1-9-11-13-30-75-88(130)107-68(39-54(3)4)85(127)112-74(83(125)102-49-79(98)120)51-138-52-80(121)104-71(40-56-32-34-60(118)35-33-56)91(133)113(6)55(5)82(124)110-73(45-81(122)123)94(136)116-38-22-31-76(116)89(131)109-70(43-59-48-99-53-103-59)87(129)106-67(28-19-21-37-97)93(135)117-50-61(119)44-78(117)90(132)108-69(41-57-46-100-64-25-16-14-23-62(57)64)86(128)105-66(27-18-20-36-96)84(126)111-72(42-58-47-101-65-26-17-15-24-63(58)65)92(134)115(8)77(29-12-10-2)95(137)114(75)7/h14-17,23-26,32-35,46-48,53-55,61,66-78,100-101,118-119H,9-13,18-22,27-31,36-45,49-52,96-97H2,1-8H3,(H2,98,120)(H,99,103)(H,102,125)(H,104,121)(H,105,128)(H,106,129)(H,107,130)(H,108,132)(H,109,131)(H,110,124)(H,111,126)(H,112,127)(H,122,123)/t55-,61+,66-,67-,68-,69-,70-,71-,72-,73-,74-,75-,76-,77-,78-/m0/s1. The van der Waals surface area contributed by atoms with Crippen LogP contribution in [0.15, 0.2) is 97.7 Å². The number of H-pyrrole nitrogens is 3. The Morgan fingerprint density at radius 2 is 1.05 bits per heavy atom. The number of rotatable bonds is 30. The predicted octanol–water partition coefficient (Wildman–Crippen LogP) is 0.0630. The molecule has 42 nitrogen and oxygen atoms in total. The molecule has 15 atom stereocenters. The van der Waals surface area contributed by atoms with Gasteiger partial charge >= 0.3 is 5.97 Å². The van der Waals surface area contributed by atoms with Gasteiger partial charge in [0.05, 0.1) is 36.8 Å². The number of aromatic nitrogens is 4. The van der Waals surface area contributed by atoms with Crippen LogP contribution in [0.3, 0.4) is 0 Å². The Morgan fingerprint density at radius 3 is 1.65 bits per heavy atom. The number of carboxylic acids is 1. The number of aromatic amines is 3. The molecule has 0 unspecified atom stereocenters. The number of amides is 16. The Balaban J connectivity index is 1.12. The number of nitrogens with two attached hydrogens (primary N) is 3. The third-order valence-corrected chi connectivity index (χ3v) is 26.3. The molecule has 0 spiro atoms. The second kappa shape index (κ2) is 53.1. The molecule has 0 saturated carbocycles. The Labute approximate surface area is 805 Å². The van der Waals surface area contributed by atoms with Crippen molar-refractivity contribution >= 4 is 134 Å². The number of para-hydroxylation sites is 2. The van der Waals surface area contributed by atoms with Gasteiger partial charge in [0.1, 0.15) is 90.3 Å². The van der Waals surface area contributed by atoms with E-state index in [9.17, 15) is 58.5 Å². The summed E-state index contributed by atoms with van der Waals surface area (Å²) in [6, 6.07) is -1.21. The number of fused-ring (bicyclic) bond motifs is 4. The number of phenols is 1. The summed E-state index contributed by atoms with van der Waals surface area (Å²) < 4.78 is 0. The van der Waals surface area contributed by atoms with E-state index in [1.54, 1.807) is 56.6 Å². The van der Waals surface area contributed by atoms with Crippen LogP contribution in [0.2, 0.25) is 0 Å². The van der Waals surface area contributed by atoms with E-state index in [0.29, 0.717) is 83.4 Å². The van der Waals surface area contributed by atoms with Gasteiger partial charge in [-0.2, -0.15) is 0 Å². The first-order valence-electron chi connectivity index (χ1n) is 47.4. The third kappa shape index (κ3) is 30.7. The van der Waals surface area contributed by atoms with E-state index >= 15 is 38.4 Å². The zero-order valence-corrected chi connectivity index (χ0v) is 80.4. The molecule has 9 rings (SSSR count). The number of hydrogen-bond acceptors (Lipinski definition) is 23. The van der Waals surface area contributed by atoms with Gasteiger partial charge in [-0.3, -0.25) is 81.5 Å². The summed E-state index contributed by atoms with van der Waals surface area (Å²) in [4.78, 5) is 271. The van der Waals surface area contributed by atoms with Gasteiger partial charge in [-0.05, 0) is 138 Å². The maximum absolute atomic E-state index is 16.0. The second-order valence-electron chi connectivity index (χ2n) is 36.1. The largest absolute Gasteiger partial charge is 0.508 e. The lowest BCUT2D eigenvalue weighted by atomic mass is 9.99. The van der Waals surface area contributed by atoms with Crippen LogP contribution < -0.4 is 70.4 Å². The van der Waals surface area contributed by atoms with E-state index in [4.69, 9.17) is 17.2 Å². The fourth-order valence-electron chi connectivity index (χ4n) is 17.5. The van der Waals surface area contributed by atoms with E-state index in [1.165, 1.54) is 74.7 Å². The molecule has 3 fully saturated rings. The van der Waals surface area contributed by atoms with Gasteiger partial charge in [0.2, 0.25) is 94.5 Å². The minimum atomic E-state index is -1.90. The number of aliphatic hydroxyl groups is 1. The van der Waals surface area contributed by atoms with Crippen molar-refractivity contribution < 1.29 is 96.8 Å². The number of likely N-dealkylation sites (N-methyl/N-ethyl adjacent to an activating group) is 3. The number of nitrogens with zero attached hydrogens (tertiary/aromatic N) is 6. The van der Waals surface area contributed by atoms with Gasteiger partial charge in [-0.1, -0.05) is 108 Å². The molecule has 16 amide bonds. The minimum Gasteiger partial charge on any atom is -0.508 e. The van der Waals surface area contributed by atoms with E-state index in [2.05, 4.69) is 73.1 Å². The number of benzene rings is 3. The number of aliphatic carboxylic acids is 1. The van der Waals surface area contributed by atoms with Crippen molar-refractivity contribution in [2.45, 2.75) is 267 Å². The quantitative estimate of drug-likeness (QED) is 0.0265. The highest BCUT2D eigenvalue weighted by Gasteiger charge is 2.47. The molecule has 3 saturated heterocycles. The number of nitrogens with one attached hydrogen (secondary N) is 13. The predicted molar refractivity (Wildman–Crippen MR) is 512 cm³/mol. The number of phenolic OH excluding ortho intramolecular Hbond substituents is 1. The molecule has 0 radical (unpaired) electrons. The topological polar surface area (TPSA) is 626 Å². The summed E-state index contributed by atoms with van der Waals surface area (Å²) in [5.41, 5.74) is 20.6. The maximum atomic E-state index is 16.0. The molecule has 3 aliphatic heterocycles. The summed E-state index contributed by atoms with van der Waals surface area (Å²) in [6.45, 7) is 7.63. The highest BCUT2D eigenvalue weighted by molar-refractivity contribution is 8.00. The molecule has 0 bridgehead atoms. The van der Waals surface area contributed by atoms with Crippen molar-refractivity contribution in [2.24, 2.45) is 23.1 Å². The van der Waals surface area contributed by atoms with Gasteiger partial charge in [0, 0.05) is 112 Å². The SMILES string of the molecule is CCCCC[C@H]1C(=O)N[C@@H](CC(C)C)C(=O)N[C@H](C(=O)NCC(N)=O)CSCC(=O)N[C@@H](Cc2ccc(O)cc2)C(=O)N(C)[C@@H](C)C(=O)N[C@@H](CC(=O)O)C(=O)N2CCC[C@H]2C(=O)N[C@@H](Cc2c[nH]cn2)C(=O)N[C@@H](CCCCN)C(=O)N2C[C@H](O)C[C@H]2C(=O)N[C@@H](Cc2c[nH]c3ccccc23)C(=O)N[C@@H](CCCCN)C(=O)N[C@@H](Cc2c[nH]c3ccccc23)C(=O)N(C)[C@@H](CCCC)C(=O)N1C. The molecule has 3 aliphatic rings. The minimum absolute atomic E-state index is 0.0440. The van der Waals surface area contributed by atoms with Gasteiger partial charge in [0.15, 0.2) is 0 Å². The number of thioether (sulfide) groups is 1. The summed E-state index contributed by atoms with van der Waals surface area (Å²) >= 11 is 0.795. The fraction of sp³-hybridized carbons (Fsp3) is 0.558. The van der Waals surface area contributed by atoms with E-state index in [-0.39, 0.29) is 127 Å². The van der Waals surface area contributed by atoms with Crippen LogP contribution in [-0.2, 0) is 107 Å². The van der Waals surface area contributed by atoms with Crippen LogP contribution in [0.1, 0.15) is 173 Å². The smallest absolute Gasteiger partial charge is 0.305 e. The number of hydrogen-bond donors (Lipinski definition) is 19. The molecule has 43 heteroatoms. The molecular formula is C95H136N22O20S. The van der Waals surface area contributed by atoms with E-state index in [0.717, 1.165) is 26.5 Å². The van der Waals surface area contributed by atoms with Crippen LogP contribution >= 0.6 is 11.8 Å². The normalized spacial score (nSPS) is 24.6. The van der Waals surface area contributed by atoms with Crippen molar-refractivity contribution in [1.29, 1.82) is 0 Å². The first-order valence-corrected chi connectivity index (χ1v) is 48.5. The summed E-state index contributed by atoms with van der Waals surface area (Å²) in [7, 11) is 4.03. The molecule has 3 aromatic carbocycles. The highest BCUT2D eigenvalue weighted by atomic mass is 32.2. The molecule has 0 aliphatic carbocycles. The third-order valence-electron chi connectivity index (χ3n) is 25.3. The Kier molecular flexibility index (Phi) is 41.8. The second-order valence-corrected chi connectivity index (χ2v) is 37.2.